The molecule has 1 aliphatic heterocycles. The van der Waals surface area contributed by atoms with Crippen LogP contribution >= 0.6 is 0 Å². The van der Waals surface area contributed by atoms with Crippen molar-refractivity contribution in [1.29, 1.82) is 0 Å². The predicted octanol–water partition coefficient (Wildman–Crippen LogP) is 0.0311. The number of likely N-dealkylation sites (N-methyl/N-ethyl adjacent to an activating group) is 1. The van der Waals surface area contributed by atoms with Crippen molar-refractivity contribution >= 4 is 11.6 Å². The Hall–Kier alpha value is -1.66. The molecule has 0 saturated carbocycles. The number of nitrogens with two attached hydrogens (primary N) is 1. The smallest absolute Gasteiger partial charge is 0.272 e. The molecule has 0 aliphatic carbocycles. The number of aromatic nitrogens is 1. The van der Waals surface area contributed by atoms with E-state index in [0.717, 1.165) is 39.1 Å². The van der Waals surface area contributed by atoms with Gasteiger partial charge in [-0.25, -0.2) is 4.98 Å². The SMILES string of the molecule is CN1CCN(CCCNC(=O)c2ncccc2N)CC1. The number of amides is 1. The van der Waals surface area contributed by atoms with E-state index in [0.29, 0.717) is 17.9 Å². The Labute approximate surface area is 120 Å². The van der Waals surface area contributed by atoms with E-state index in [2.05, 4.69) is 27.1 Å². The molecule has 1 saturated heterocycles. The van der Waals surface area contributed by atoms with Gasteiger partial charge in [0.1, 0.15) is 0 Å². The van der Waals surface area contributed by atoms with Crippen LogP contribution < -0.4 is 11.1 Å². The third-order valence-corrected chi connectivity index (χ3v) is 3.59. The van der Waals surface area contributed by atoms with Crippen LogP contribution in [0.5, 0.6) is 0 Å². The average Bonchev–Trinajstić information content (AvgIpc) is 2.46. The summed E-state index contributed by atoms with van der Waals surface area (Å²) in [4.78, 5) is 20.7. The highest BCUT2D eigenvalue weighted by Gasteiger charge is 2.13. The first-order valence-corrected chi connectivity index (χ1v) is 7.06. The number of anilines is 1. The first-order valence-electron chi connectivity index (χ1n) is 7.06. The fraction of sp³-hybridized carbons (Fsp3) is 0.571. The van der Waals surface area contributed by atoms with E-state index in [1.54, 1.807) is 18.3 Å². The normalized spacial score (nSPS) is 17.1. The third-order valence-electron chi connectivity index (χ3n) is 3.59. The molecule has 0 bridgehead atoms. The van der Waals surface area contributed by atoms with E-state index in [9.17, 15) is 4.79 Å². The summed E-state index contributed by atoms with van der Waals surface area (Å²) in [6, 6.07) is 3.41. The molecule has 0 atom stereocenters. The molecular weight excluding hydrogens is 254 g/mol. The van der Waals surface area contributed by atoms with Crippen LogP contribution in [0.4, 0.5) is 5.69 Å². The topological polar surface area (TPSA) is 74.5 Å². The van der Waals surface area contributed by atoms with Gasteiger partial charge in [-0.15, -0.1) is 0 Å². The number of nitrogens with zero attached hydrogens (tertiary/aromatic N) is 3. The second-order valence-electron chi connectivity index (χ2n) is 5.20. The zero-order valence-electron chi connectivity index (χ0n) is 12.0. The number of nitrogens with one attached hydrogen (secondary N) is 1. The lowest BCUT2D eigenvalue weighted by Crippen LogP contribution is -2.45. The van der Waals surface area contributed by atoms with Gasteiger partial charge in [0.25, 0.3) is 5.91 Å². The van der Waals surface area contributed by atoms with Crippen molar-refractivity contribution in [1.82, 2.24) is 20.1 Å². The molecule has 1 aromatic heterocycles. The van der Waals surface area contributed by atoms with Crippen molar-refractivity contribution in [2.24, 2.45) is 0 Å². The number of hydrogen-bond acceptors (Lipinski definition) is 5. The molecule has 1 amide bonds. The van der Waals surface area contributed by atoms with Crippen molar-refractivity contribution in [2.45, 2.75) is 6.42 Å². The first kappa shape index (κ1) is 14.7. The van der Waals surface area contributed by atoms with Crippen LogP contribution in [0, 0.1) is 0 Å². The maximum Gasteiger partial charge on any atom is 0.272 e. The summed E-state index contributed by atoms with van der Waals surface area (Å²) in [7, 11) is 2.15. The first-order chi connectivity index (χ1) is 9.66. The molecule has 0 radical (unpaired) electrons. The quantitative estimate of drug-likeness (QED) is 0.743. The van der Waals surface area contributed by atoms with Crippen LogP contribution in [-0.2, 0) is 0 Å². The van der Waals surface area contributed by atoms with Crippen LogP contribution in [-0.4, -0.2) is 67.0 Å². The summed E-state index contributed by atoms with van der Waals surface area (Å²) in [5, 5.41) is 2.87. The Morgan fingerprint density at radius 1 is 1.40 bits per heavy atom. The van der Waals surface area contributed by atoms with Crippen molar-refractivity contribution in [2.75, 3.05) is 52.0 Å². The van der Waals surface area contributed by atoms with E-state index in [4.69, 9.17) is 5.73 Å². The van der Waals surface area contributed by atoms with Crippen molar-refractivity contribution in [3.8, 4) is 0 Å². The van der Waals surface area contributed by atoms with Crippen molar-refractivity contribution in [3.63, 3.8) is 0 Å². The molecule has 3 N–H and O–H groups in total. The molecule has 2 rings (SSSR count). The Morgan fingerprint density at radius 2 is 2.15 bits per heavy atom. The Bertz CT molecular complexity index is 443. The third kappa shape index (κ3) is 4.18. The Morgan fingerprint density at radius 3 is 2.85 bits per heavy atom. The lowest BCUT2D eigenvalue weighted by molar-refractivity contribution is 0.0945. The van der Waals surface area contributed by atoms with Gasteiger partial charge in [0.05, 0.1) is 5.69 Å². The highest BCUT2D eigenvalue weighted by molar-refractivity contribution is 5.96. The number of pyridine rings is 1. The summed E-state index contributed by atoms with van der Waals surface area (Å²) in [5.41, 5.74) is 6.45. The van der Waals surface area contributed by atoms with Crippen LogP contribution in [0.2, 0.25) is 0 Å². The zero-order valence-corrected chi connectivity index (χ0v) is 12.0. The van der Waals surface area contributed by atoms with Crippen LogP contribution in [0.3, 0.4) is 0 Å². The molecule has 20 heavy (non-hydrogen) atoms. The minimum absolute atomic E-state index is 0.193. The summed E-state index contributed by atoms with van der Waals surface area (Å²) in [6.45, 7) is 6.13. The Kier molecular flexibility index (Phi) is 5.31. The number of rotatable bonds is 5. The molecule has 0 unspecified atom stereocenters. The van der Waals surface area contributed by atoms with Gasteiger partial charge in [-0.05, 0) is 32.1 Å². The van der Waals surface area contributed by atoms with E-state index in [1.165, 1.54) is 0 Å². The number of carbonyl (C=O) groups is 1. The van der Waals surface area contributed by atoms with Gasteiger partial charge >= 0.3 is 0 Å². The van der Waals surface area contributed by atoms with Crippen LogP contribution in [0.1, 0.15) is 16.9 Å². The maximum atomic E-state index is 11.9. The van der Waals surface area contributed by atoms with Gasteiger partial charge in [0, 0.05) is 38.9 Å². The van der Waals surface area contributed by atoms with Gasteiger partial charge in [0.2, 0.25) is 0 Å². The number of carbonyl (C=O) groups excluding carboxylic acids is 1. The van der Waals surface area contributed by atoms with Gasteiger partial charge in [-0.1, -0.05) is 0 Å². The van der Waals surface area contributed by atoms with E-state index < -0.39 is 0 Å². The molecule has 6 nitrogen and oxygen atoms in total. The summed E-state index contributed by atoms with van der Waals surface area (Å²) in [5.74, 6) is -0.193. The average molecular weight is 277 g/mol. The molecule has 1 fully saturated rings. The molecule has 1 aliphatic rings. The predicted molar refractivity (Wildman–Crippen MR) is 79.5 cm³/mol. The molecule has 0 aromatic carbocycles. The molecule has 1 aromatic rings. The highest BCUT2D eigenvalue weighted by atomic mass is 16.1. The lowest BCUT2D eigenvalue weighted by atomic mass is 10.2. The maximum absolute atomic E-state index is 11.9. The molecule has 6 heteroatoms. The molecule has 2 heterocycles. The zero-order chi connectivity index (χ0) is 14.4. The minimum atomic E-state index is -0.193. The number of nitrogen functional groups attached to an aromatic ring is 1. The van der Waals surface area contributed by atoms with E-state index in [1.807, 2.05) is 0 Å². The Balaban J connectivity index is 1.66. The minimum Gasteiger partial charge on any atom is -0.397 e. The van der Waals surface area contributed by atoms with Crippen LogP contribution in [0.25, 0.3) is 0 Å². The van der Waals surface area contributed by atoms with Gasteiger partial charge in [-0.3, -0.25) is 4.79 Å². The molecule has 110 valence electrons. The highest BCUT2D eigenvalue weighted by Crippen LogP contribution is 2.06. The second-order valence-corrected chi connectivity index (χ2v) is 5.20. The largest absolute Gasteiger partial charge is 0.397 e. The van der Waals surface area contributed by atoms with E-state index in [-0.39, 0.29) is 5.91 Å². The fourth-order valence-electron chi connectivity index (χ4n) is 2.27. The molecule has 0 spiro atoms. The molecular formula is C14H23N5O. The van der Waals surface area contributed by atoms with Crippen molar-refractivity contribution < 1.29 is 4.79 Å². The summed E-state index contributed by atoms with van der Waals surface area (Å²) < 4.78 is 0. The van der Waals surface area contributed by atoms with Gasteiger partial charge in [-0.2, -0.15) is 0 Å². The van der Waals surface area contributed by atoms with Crippen molar-refractivity contribution in [3.05, 3.63) is 24.0 Å². The number of piperazine rings is 1. The second kappa shape index (κ2) is 7.21. The number of hydrogen-bond donors (Lipinski definition) is 2. The lowest BCUT2D eigenvalue weighted by Gasteiger charge is -2.32. The van der Waals surface area contributed by atoms with Crippen LogP contribution in [0.15, 0.2) is 18.3 Å². The standard InChI is InChI=1S/C14H23N5O/c1-18-8-10-19(11-9-18)7-3-6-17-14(20)13-12(15)4-2-5-16-13/h2,4-5H,3,6-11,15H2,1H3,(H,17,20). The summed E-state index contributed by atoms with van der Waals surface area (Å²) >= 11 is 0. The summed E-state index contributed by atoms with van der Waals surface area (Å²) in [6.07, 6.45) is 2.53. The fourth-order valence-corrected chi connectivity index (χ4v) is 2.27. The monoisotopic (exact) mass is 277 g/mol. The van der Waals surface area contributed by atoms with Gasteiger partial charge in [0.15, 0.2) is 5.69 Å². The van der Waals surface area contributed by atoms with E-state index >= 15 is 0 Å². The van der Waals surface area contributed by atoms with Gasteiger partial charge < -0.3 is 20.9 Å².